The van der Waals surface area contributed by atoms with E-state index in [-0.39, 0.29) is 17.0 Å². The summed E-state index contributed by atoms with van der Waals surface area (Å²) in [6.07, 6.45) is 0. The van der Waals surface area contributed by atoms with Gasteiger partial charge in [0.05, 0.1) is 32.9 Å². The van der Waals surface area contributed by atoms with Crippen molar-refractivity contribution in [1.82, 2.24) is 4.98 Å². The number of phenolic OH excluding ortho intramolecular Hbond substituents is 1. The lowest BCUT2D eigenvalue weighted by Crippen LogP contribution is -2.31. The van der Waals surface area contributed by atoms with Gasteiger partial charge in [0, 0.05) is 0 Å². The van der Waals surface area contributed by atoms with E-state index in [9.17, 15) is 24.2 Å². The smallest absolute Gasteiger partial charge is 0.294 e. The number of hydrogen-bond acceptors (Lipinski definition) is 6. The van der Waals surface area contributed by atoms with E-state index < -0.39 is 29.3 Å². The number of aliphatic hydroxyl groups is 1. The van der Waals surface area contributed by atoms with Crippen molar-refractivity contribution < 1.29 is 24.2 Å². The highest BCUT2D eigenvalue weighted by Gasteiger charge is 2.46. The number of nitrogens with zero attached hydrogens (tertiary/aromatic N) is 2. The Morgan fingerprint density at radius 3 is 2.37 bits per heavy atom. The molecule has 2 heterocycles. The molecule has 152 valence electrons. The summed E-state index contributed by atoms with van der Waals surface area (Å²) in [6, 6.07) is 10.4. The normalized spacial score (nSPS) is 16.4. The van der Waals surface area contributed by atoms with E-state index in [0.717, 1.165) is 4.90 Å². The average Bonchev–Trinajstić information content (AvgIpc) is 3.18. The number of halogens is 1. The second kappa shape index (κ2) is 7.38. The second-order valence-electron chi connectivity index (χ2n) is 6.86. The fraction of sp³-hybridized carbons (Fsp3) is 0.136. The highest BCUT2D eigenvalue weighted by molar-refractivity contribution is 7.14. The molecule has 2 aromatic carbocycles. The molecule has 2 N–H and O–H groups in total. The van der Waals surface area contributed by atoms with Crippen LogP contribution < -0.4 is 4.90 Å². The SMILES string of the molecule is Cc1nc(C)c(C(=O)C2=C(O)C(=O)N(c3ccccc3O)C2c2ccc(F)cc2)s1. The molecule has 1 atom stereocenters. The molecule has 0 saturated heterocycles. The van der Waals surface area contributed by atoms with Crippen LogP contribution >= 0.6 is 11.3 Å². The van der Waals surface area contributed by atoms with E-state index in [1.807, 2.05) is 0 Å². The molecule has 0 aliphatic carbocycles. The number of hydrogen-bond donors (Lipinski definition) is 2. The van der Waals surface area contributed by atoms with Crippen molar-refractivity contribution in [3.63, 3.8) is 0 Å². The Hall–Kier alpha value is -3.52. The molecule has 1 aromatic heterocycles. The number of carbonyl (C=O) groups excluding carboxylic acids is 2. The van der Waals surface area contributed by atoms with E-state index in [2.05, 4.69) is 4.98 Å². The Morgan fingerprint density at radius 1 is 1.10 bits per heavy atom. The molecule has 0 radical (unpaired) electrons. The molecule has 0 bridgehead atoms. The van der Waals surface area contributed by atoms with E-state index in [1.54, 1.807) is 26.0 Å². The van der Waals surface area contributed by atoms with Gasteiger partial charge in [0.1, 0.15) is 11.6 Å². The highest BCUT2D eigenvalue weighted by atomic mass is 32.1. The summed E-state index contributed by atoms with van der Waals surface area (Å²) in [7, 11) is 0. The van der Waals surface area contributed by atoms with Crippen molar-refractivity contribution >= 4 is 28.7 Å². The summed E-state index contributed by atoms with van der Waals surface area (Å²) in [4.78, 5) is 32.1. The van der Waals surface area contributed by atoms with Crippen molar-refractivity contribution in [2.75, 3.05) is 4.90 Å². The molecular formula is C22H17FN2O4S. The maximum absolute atomic E-state index is 13.5. The fourth-order valence-electron chi connectivity index (χ4n) is 3.58. The molecule has 0 saturated carbocycles. The van der Waals surface area contributed by atoms with Gasteiger partial charge in [0.25, 0.3) is 5.91 Å². The summed E-state index contributed by atoms with van der Waals surface area (Å²) >= 11 is 1.17. The zero-order chi connectivity index (χ0) is 21.6. The first-order valence-electron chi connectivity index (χ1n) is 9.08. The predicted molar refractivity (Wildman–Crippen MR) is 110 cm³/mol. The largest absolute Gasteiger partial charge is 0.506 e. The molecule has 1 unspecified atom stereocenters. The number of carbonyl (C=O) groups is 2. The molecule has 0 fully saturated rings. The van der Waals surface area contributed by atoms with Gasteiger partial charge in [0.2, 0.25) is 5.78 Å². The van der Waals surface area contributed by atoms with Gasteiger partial charge in [-0.3, -0.25) is 14.5 Å². The fourth-order valence-corrected chi connectivity index (χ4v) is 4.45. The van der Waals surface area contributed by atoms with E-state index in [1.165, 1.54) is 47.7 Å². The monoisotopic (exact) mass is 424 g/mol. The first kappa shape index (κ1) is 19.8. The molecule has 1 aliphatic heterocycles. The van der Waals surface area contributed by atoms with Crippen LogP contribution in [-0.4, -0.2) is 26.9 Å². The minimum Gasteiger partial charge on any atom is -0.506 e. The van der Waals surface area contributed by atoms with Crippen LogP contribution in [0.3, 0.4) is 0 Å². The van der Waals surface area contributed by atoms with Crippen molar-refractivity contribution in [1.29, 1.82) is 0 Å². The van der Waals surface area contributed by atoms with E-state index in [4.69, 9.17) is 0 Å². The van der Waals surface area contributed by atoms with E-state index >= 15 is 0 Å². The molecule has 1 amide bonds. The number of amides is 1. The number of thiazole rings is 1. The van der Waals surface area contributed by atoms with Gasteiger partial charge < -0.3 is 10.2 Å². The average molecular weight is 424 g/mol. The van der Waals surface area contributed by atoms with Crippen LogP contribution in [0.5, 0.6) is 5.75 Å². The highest BCUT2D eigenvalue weighted by Crippen LogP contribution is 2.45. The van der Waals surface area contributed by atoms with Gasteiger partial charge in [-0.05, 0) is 43.7 Å². The second-order valence-corrected chi connectivity index (χ2v) is 8.06. The number of Topliss-reactive ketones (excluding diaryl/α,β-unsaturated/α-hetero) is 1. The molecule has 4 rings (SSSR count). The van der Waals surface area contributed by atoms with Crippen molar-refractivity contribution in [3.8, 4) is 5.75 Å². The van der Waals surface area contributed by atoms with E-state index in [0.29, 0.717) is 21.1 Å². The maximum atomic E-state index is 13.5. The molecule has 6 nitrogen and oxygen atoms in total. The molecule has 1 aliphatic rings. The van der Waals surface area contributed by atoms with Gasteiger partial charge in [-0.1, -0.05) is 24.3 Å². The lowest BCUT2D eigenvalue weighted by Gasteiger charge is -2.27. The van der Waals surface area contributed by atoms with Crippen LogP contribution in [0, 0.1) is 19.7 Å². The van der Waals surface area contributed by atoms with Crippen LogP contribution in [0.1, 0.15) is 32.0 Å². The summed E-state index contributed by atoms with van der Waals surface area (Å²) in [6.45, 7) is 3.44. The Morgan fingerprint density at radius 2 is 1.77 bits per heavy atom. The lowest BCUT2D eigenvalue weighted by molar-refractivity contribution is -0.117. The lowest BCUT2D eigenvalue weighted by atomic mass is 9.94. The minimum absolute atomic E-state index is 0.128. The van der Waals surface area contributed by atoms with Crippen molar-refractivity contribution in [2.24, 2.45) is 0 Å². The number of rotatable bonds is 4. The summed E-state index contributed by atoms with van der Waals surface area (Å²) < 4.78 is 13.5. The molecule has 3 aromatic rings. The Balaban J connectivity index is 1.92. The Kier molecular flexibility index (Phi) is 4.87. The van der Waals surface area contributed by atoms with Gasteiger partial charge in [-0.15, -0.1) is 11.3 Å². The number of benzene rings is 2. The van der Waals surface area contributed by atoms with Crippen LogP contribution in [0.4, 0.5) is 10.1 Å². The molecule has 8 heteroatoms. The van der Waals surface area contributed by atoms with Crippen molar-refractivity contribution in [3.05, 3.63) is 86.8 Å². The third-order valence-electron chi connectivity index (χ3n) is 4.89. The summed E-state index contributed by atoms with van der Waals surface area (Å²) in [5.74, 6) is -2.73. The van der Waals surface area contributed by atoms with Gasteiger partial charge in [-0.2, -0.15) is 0 Å². The topological polar surface area (TPSA) is 90.7 Å². The number of aromatic hydroxyl groups is 1. The van der Waals surface area contributed by atoms with Gasteiger partial charge >= 0.3 is 0 Å². The first-order valence-corrected chi connectivity index (χ1v) is 9.90. The van der Waals surface area contributed by atoms with Crippen molar-refractivity contribution in [2.45, 2.75) is 19.9 Å². The van der Waals surface area contributed by atoms with Gasteiger partial charge in [0.15, 0.2) is 5.76 Å². The molecular weight excluding hydrogens is 407 g/mol. The van der Waals surface area contributed by atoms with Gasteiger partial charge in [-0.25, -0.2) is 9.37 Å². The molecule has 30 heavy (non-hydrogen) atoms. The van der Waals surface area contributed by atoms with Crippen LogP contribution in [0.25, 0.3) is 0 Å². The number of anilines is 1. The first-order chi connectivity index (χ1) is 14.3. The predicted octanol–water partition coefficient (Wildman–Crippen LogP) is 4.39. The number of phenols is 1. The number of para-hydroxylation sites is 2. The zero-order valence-corrected chi connectivity index (χ0v) is 16.9. The van der Waals surface area contributed by atoms with Crippen LogP contribution in [0.2, 0.25) is 0 Å². The zero-order valence-electron chi connectivity index (χ0n) is 16.1. The standard InChI is InChI=1S/C22H17FN2O4S/c1-11-21(30-12(2)24-11)19(27)17-18(13-7-9-14(23)10-8-13)25(22(29)20(17)28)15-5-3-4-6-16(15)26/h3-10,18,26,28H,1-2H3. The quantitative estimate of drug-likeness (QED) is 0.607. The molecule has 0 spiro atoms. The van der Waals surface area contributed by atoms with Crippen LogP contribution in [-0.2, 0) is 4.79 Å². The summed E-state index contributed by atoms with van der Waals surface area (Å²) in [5.41, 5.74) is 0.901. The number of ketones is 1. The third-order valence-corrected chi connectivity index (χ3v) is 5.96. The minimum atomic E-state index is -1.04. The third kappa shape index (κ3) is 3.15. The van der Waals surface area contributed by atoms with Crippen LogP contribution in [0.15, 0.2) is 59.9 Å². The maximum Gasteiger partial charge on any atom is 0.294 e. The Bertz CT molecular complexity index is 1200. The number of aromatic nitrogens is 1. The number of aryl methyl sites for hydroxylation is 2. The summed E-state index contributed by atoms with van der Waals surface area (Å²) in [5, 5.41) is 21.7. The Labute approximate surface area is 175 Å². The number of aliphatic hydroxyl groups excluding tert-OH is 1.